The second-order valence-electron chi connectivity index (χ2n) is 4.00. The van der Waals surface area contributed by atoms with E-state index in [1.165, 1.54) is 13.3 Å². The highest BCUT2D eigenvalue weighted by Gasteiger charge is 2.03. The van der Waals surface area contributed by atoms with Gasteiger partial charge in [-0.25, -0.2) is 4.79 Å². The third kappa shape index (κ3) is 5.06. The zero-order valence-electron chi connectivity index (χ0n) is 11.9. The summed E-state index contributed by atoms with van der Waals surface area (Å²) < 4.78 is 4.62. The van der Waals surface area contributed by atoms with E-state index < -0.39 is 0 Å². The van der Waals surface area contributed by atoms with Crippen LogP contribution in [0.2, 0.25) is 0 Å². The maximum Gasteiger partial charge on any atom is 0.339 e. The maximum atomic E-state index is 11.3. The van der Waals surface area contributed by atoms with Crippen LogP contribution in [0.15, 0.2) is 60.9 Å². The van der Waals surface area contributed by atoms with Crippen molar-refractivity contribution in [2.24, 2.45) is 0 Å². The molecule has 0 aromatic carbocycles. The molecule has 3 nitrogen and oxygen atoms in total. The van der Waals surface area contributed by atoms with E-state index in [0.29, 0.717) is 5.56 Å². The molecule has 0 N–H and O–H groups in total. The summed E-state index contributed by atoms with van der Waals surface area (Å²) in [5.74, 6) is -0.385. The molecule has 0 bridgehead atoms. The molecule has 0 amide bonds. The summed E-state index contributed by atoms with van der Waals surface area (Å²) in [5, 5.41) is 0. The first-order valence-electron chi connectivity index (χ1n) is 6.43. The lowest BCUT2D eigenvalue weighted by Crippen LogP contribution is -2.01. The van der Waals surface area contributed by atoms with Crippen molar-refractivity contribution in [3.05, 3.63) is 72.1 Å². The molecule has 0 aliphatic heterocycles. The molecule has 1 aromatic rings. The number of nitrogens with zero attached hydrogens (tertiary/aromatic N) is 1. The number of esters is 1. The summed E-state index contributed by atoms with van der Waals surface area (Å²) in [6.45, 7) is 5.85. The highest BCUT2D eigenvalue weighted by Crippen LogP contribution is 2.07. The second kappa shape index (κ2) is 8.64. The number of rotatable bonds is 6. The number of ether oxygens (including phenoxy) is 1. The Morgan fingerprint density at radius 3 is 2.80 bits per heavy atom. The van der Waals surface area contributed by atoms with Crippen molar-refractivity contribution in [2.45, 2.75) is 13.3 Å². The van der Waals surface area contributed by atoms with Gasteiger partial charge in [-0.3, -0.25) is 4.98 Å². The molecule has 1 aromatic heterocycles. The first-order valence-corrected chi connectivity index (χ1v) is 6.43. The first kappa shape index (κ1) is 15.6. The monoisotopic (exact) mass is 269 g/mol. The minimum atomic E-state index is -0.385. The van der Waals surface area contributed by atoms with E-state index in [0.717, 1.165) is 17.7 Å². The molecule has 0 spiro atoms. The molecule has 20 heavy (non-hydrogen) atoms. The normalized spacial score (nSPS) is 12.0. The highest BCUT2D eigenvalue weighted by atomic mass is 16.5. The van der Waals surface area contributed by atoms with Gasteiger partial charge in [-0.1, -0.05) is 43.9 Å². The van der Waals surface area contributed by atoms with Crippen LogP contribution in [0.4, 0.5) is 0 Å². The average Bonchev–Trinajstić information content (AvgIpc) is 2.50. The smallest absolute Gasteiger partial charge is 0.339 e. The van der Waals surface area contributed by atoms with E-state index in [9.17, 15) is 4.79 Å². The van der Waals surface area contributed by atoms with E-state index >= 15 is 0 Å². The molecular weight excluding hydrogens is 250 g/mol. The van der Waals surface area contributed by atoms with Crippen molar-refractivity contribution < 1.29 is 9.53 Å². The van der Waals surface area contributed by atoms with E-state index in [4.69, 9.17) is 0 Å². The number of methoxy groups -OCH3 is 1. The van der Waals surface area contributed by atoms with Crippen LogP contribution in [-0.4, -0.2) is 18.1 Å². The molecule has 104 valence electrons. The lowest BCUT2D eigenvalue weighted by molar-refractivity contribution is 0.0600. The van der Waals surface area contributed by atoms with Gasteiger partial charge in [0.05, 0.1) is 18.4 Å². The number of allylic oxidation sites excluding steroid dienone is 6. The van der Waals surface area contributed by atoms with Crippen molar-refractivity contribution in [1.82, 2.24) is 4.98 Å². The Kier molecular flexibility index (Phi) is 6.76. The molecule has 0 saturated carbocycles. The Morgan fingerprint density at radius 2 is 2.25 bits per heavy atom. The fourth-order valence-corrected chi connectivity index (χ4v) is 1.43. The second-order valence-corrected chi connectivity index (χ2v) is 4.00. The van der Waals surface area contributed by atoms with Crippen molar-refractivity contribution in [2.75, 3.05) is 7.11 Å². The van der Waals surface area contributed by atoms with Crippen LogP contribution in [0.5, 0.6) is 0 Å². The van der Waals surface area contributed by atoms with Crippen LogP contribution in [0, 0.1) is 0 Å². The zero-order chi connectivity index (χ0) is 14.8. The van der Waals surface area contributed by atoms with E-state index in [2.05, 4.69) is 29.3 Å². The van der Waals surface area contributed by atoms with Crippen LogP contribution >= 0.6 is 0 Å². The van der Waals surface area contributed by atoms with Gasteiger partial charge in [0, 0.05) is 6.20 Å². The number of hydrogen-bond donors (Lipinski definition) is 0. The molecule has 0 saturated heterocycles. The predicted molar refractivity (Wildman–Crippen MR) is 82.3 cm³/mol. The van der Waals surface area contributed by atoms with Crippen molar-refractivity contribution in [1.29, 1.82) is 0 Å². The molecule has 0 aliphatic rings. The van der Waals surface area contributed by atoms with Crippen LogP contribution in [0.25, 0.3) is 6.08 Å². The molecular formula is C17H19NO2. The Balaban J connectivity index is 2.79. The standard InChI is InChI=1S/C17H19NO2/c1-4-6-7-8-14(5-2)9-11-16-12-10-15(13-18-16)17(19)20-3/h5-13H,2,4H2,1,3H3/b7-6-,11-9+,14-8+. The zero-order valence-corrected chi connectivity index (χ0v) is 11.9. The van der Waals surface area contributed by atoms with E-state index in [-0.39, 0.29) is 5.97 Å². The topological polar surface area (TPSA) is 39.2 Å². The molecule has 0 fully saturated rings. The number of aromatic nitrogens is 1. The molecule has 0 unspecified atom stereocenters. The largest absolute Gasteiger partial charge is 0.465 e. The number of carbonyl (C=O) groups is 1. The quantitative estimate of drug-likeness (QED) is 0.579. The number of carbonyl (C=O) groups excluding carboxylic acids is 1. The molecule has 0 atom stereocenters. The molecule has 1 rings (SSSR count). The summed E-state index contributed by atoms with van der Waals surface area (Å²) in [5.41, 5.74) is 2.20. The predicted octanol–water partition coefficient (Wildman–Crippen LogP) is 3.96. The Morgan fingerprint density at radius 1 is 1.45 bits per heavy atom. The van der Waals surface area contributed by atoms with Gasteiger partial charge in [0.25, 0.3) is 0 Å². The average molecular weight is 269 g/mol. The van der Waals surface area contributed by atoms with Gasteiger partial charge >= 0.3 is 5.97 Å². The minimum Gasteiger partial charge on any atom is -0.465 e. The van der Waals surface area contributed by atoms with E-state index in [1.54, 1.807) is 18.2 Å². The SMILES string of the molecule is C=CC(/C=C/c1ccc(C(=O)OC)cn1)=C\C=C/CC. The Hall–Kier alpha value is -2.42. The Labute approximate surface area is 120 Å². The maximum absolute atomic E-state index is 11.3. The van der Waals surface area contributed by atoms with Gasteiger partial charge in [-0.15, -0.1) is 0 Å². The summed E-state index contributed by atoms with van der Waals surface area (Å²) in [6.07, 6.45) is 14.1. The highest BCUT2D eigenvalue weighted by molar-refractivity contribution is 5.88. The van der Waals surface area contributed by atoms with E-state index in [1.807, 2.05) is 24.3 Å². The van der Waals surface area contributed by atoms with Crippen molar-refractivity contribution in [3.63, 3.8) is 0 Å². The molecule has 0 radical (unpaired) electrons. The lowest BCUT2D eigenvalue weighted by Gasteiger charge is -1.98. The minimum absolute atomic E-state index is 0.385. The first-order chi connectivity index (χ1) is 9.71. The molecule has 3 heteroatoms. The third-order valence-electron chi connectivity index (χ3n) is 2.55. The summed E-state index contributed by atoms with van der Waals surface area (Å²) in [6, 6.07) is 3.46. The number of hydrogen-bond acceptors (Lipinski definition) is 3. The van der Waals surface area contributed by atoms with Crippen LogP contribution in [0.1, 0.15) is 29.4 Å². The van der Waals surface area contributed by atoms with Crippen LogP contribution < -0.4 is 0 Å². The lowest BCUT2D eigenvalue weighted by atomic mass is 10.2. The summed E-state index contributed by atoms with van der Waals surface area (Å²) >= 11 is 0. The summed E-state index contributed by atoms with van der Waals surface area (Å²) in [7, 11) is 1.35. The summed E-state index contributed by atoms with van der Waals surface area (Å²) in [4.78, 5) is 15.5. The fourth-order valence-electron chi connectivity index (χ4n) is 1.43. The van der Waals surface area contributed by atoms with Gasteiger partial charge in [0.1, 0.15) is 0 Å². The van der Waals surface area contributed by atoms with Crippen LogP contribution in [-0.2, 0) is 4.74 Å². The third-order valence-corrected chi connectivity index (χ3v) is 2.55. The van der Waals surface area contributed by atoms with Crippen molar-refractivity contribution in [3.8, 4) is 0 Å². The fraction of sp³-hybridized carbons (Fsp3) is 0.176. The van der Waals surface area contributed by atoms with Gasteiger partial charge in [0.15, 0.2) is 0 Å². The number of pyridine rings is 1. The van der Waals surface area contributed by atoms with Gasteiger partial charge in [-0.05, 0) is 30.2 Å². The van der Waals surface area contributed by atoms with Crippen LogP contribution in [0.3, 0.4) is 0 Å². The molecule has 0 aliphatic carbocycles. The molecule has 1 heterocycles. The van der Waals surface area contributed by atoms with Gasteiger partial charge in [-0.2, -0.15) is 0 Å². The van der Waals surface area contributed by atoms with Crippen molar-refractivity contribution >= 4 is 12.0 Å². The van der Waals surface area contributed by atoms with Gasteiger partial charge in [0.2, 0.25) is 0 Å². The van der Waals surface area contributed by atoms with Gasteiger partial charge < -0.3 is 4.74 Å². The Bertz CT molecular complexity index is 537.